The van der Waals surface area contributed by atoms with Crippen molar-refractivity contribution in [3.63, 3.8) is 0 Å². The number of aliphatic imine (C=N–C) groups is 1. The number of ether oxygens (including phenoxy) is 1. The third-order valence-electron chi connectivity index (χ3n) is 4.81. The molecular weight excluding hydrogens is 382 g/mol. The third kappa shape index (κ3) is 10.2. The number of piperidine rings is 1. The van der Waals surface area contributed by atoms with Gasteiger partial charge in [0.1, 0.15) is 5.60 Å². The van der Waals surface area contributed by atoms with Crippen molar-refractivity contribution in [3.8, 4) is 0 Å². The van der Waals surface area contributed by atoms with Crippen molar-refractivity contribution in [2.75, 3.05) is 26.2 Å². The second-order valence-corrected chi connectivity index (χ2v) is 9.25. The first-order chi connectivity index (χ1) is 14.1. The van der Waals surface area contributed by atoms with Gasteiger partial charge in [-0.05, 0) is 47.0 Å². The van der Waals surface area contributed by atoms with Crippen molar-refractivity contribution in [1.29, 1.82) is 0 Å². The minimum absolute atomic E-state index is 0.0429. The zero-order valence-electron chi connectivity index (χ0n) is 20.0. The average molecular weight is 426 g/mol. The standard InChI is InChI=1S/C22H43N5O3/c1-8-10-18(26-21(29)30-22(5,6)7)15-24-20(23-9-2)25-17-11-13-27(14-12-17)19(28)16(3)4/h16-18H,8-15H2,1-7H3,(H,26,29)(H2,23,24,25). The molecular formula is C22H43N5O3. The molecule has 0 aromatic rings. The molecule has 1 rings (SSSR count). The van der Waals surface area contributed by atoms with Gasteiger partial charge in [0.05, 0.1) is 12.6 Å². The quantitative estimate of drug-likeness (QED) is 0.411. The number of alkyl carbamates (subject to hydrolysis) is 1. The molecule has 0 radical (unpaired) electrons. The Morgan fingerprint density at radius 3 is 2.30 bits per heavy atom. The molecule has 1 fully saturated rings. The highest BCUT2D eigenvalue weighted by atomic mass is 16.6. The molecule has 1 aliphatic heterocycles. The highest BCUT2D eigenvalue weighted by Gasteiger charge is 2.25. The van der Waals surface area contributed by atoms with E-state index in [1.807, 2.05) is 46.4 Å². The number of guanidine groups is 1. The van der Waals surface area contributed by atoms with Gasteiger partial charge in [-0.3, -0.25) is 9.79 Å². The van der Waals surface area contributed by atoms with Gasteiger partial charge in [0, 0.05) is 31.6 Å². The molecule has 0 saturated carbocycles. The predicted octanol–water partition coefficient (Wildman–Crippen LogP) is 2.88. The van der Waals surface area contributed by atoms with Crippen LogP contribution in [-0.2, 0) is 9.53 Å². The van der Waals surface area contributed by atoms with E-state index in [4.69, 9.17) is 9.73 Å². The Balaban J connectivity index is 2.62. The zero-order valence-corrected chi connectivity index (χ0v) is 20.0. The van der Waals surface area contributed by atoms with E-state index >= 15 is 0 Å². The van der Waals surface area contributed by atoms with E-state index in [1.54, 1.807) is 0 Å². The van der Waals surface area contributed by atoms with Gasteiger partial charge >= 0.3 is 6.09 Å². The van der Waals surface area contributed by atoms with Gasteiger partial charge in [-0.25, -0.2) is 4.79 Å². The highest BCUT2D eigenvalue weighted by Crippen LogP contribution is 2.13. The summed E-state index contributed by atoms with van der Waals surface area (Å²) in [5.74, 6) is 1.02. The summed E-state index contributed by atoms with van der Waals surface area (Å²) < 4.78 is 5.37. The normalized spacial score (nSPS) is 16.9. The fourth-order valence-corrected chi connectivity index (χ4v) is 3.36. The molecule has 1 saturated heterocycles. The number of rotatable bonds is 8. The second-order valence-electron chi connectivity index (χ2n) is 9.25. The summed E-state index contributed by atoms with van der Waals surface area (Å²) in [5, 5.41) is 9.71. The zero-order chi connectivity index (χ0) is 22.7. The van der Waals surface area contributed by atoms with Gasteiger partial charge in [0.25, 0.3) is 0 Å². The summed E-state index contributed by atoms with van der Waals surface area (Å²) >= 11 is 0. The van der Waals surface area contributed by atoms with Crippen LogP contribution in [0.15, 0.2) is 4.99 Å². The Kier molecular flexibility index (Phi) is 11.0. The fourth-order valence-electron chi connectivity index (χ4n) is 3.36. The number of amides is 2. The summed E-state index contributed by atoms with van der Waals surface area (Å²) in [5.41, 5.74) is -0.521. The fraction of sp³-hybridized carbons (Fsp3) is 0.864. The van der Waals surface area contributed by atoms with Crippen LogP contribution in [0.25, 0.3) is 0 Å². The van der Waals surface area contributed by atoms with Crippen LogP contribution < -0.4 is 16.0 Å². The summed E-state index contributed by atoms with van der Waals surface area (Å²) in [6.45, 7) is 16.3. The lowest BCUT2D eigenvalue weighted by atomic mass is 10.0. The van der Waals surface area contributed by atoms with Crippen LogP contribution in [0.5, 0.6) is 0 Å². The molecule has 2 amide bonds. The predicted molar refractivity (Wildman–Crippen MR) is 122 cm³/mol. The Bertz CT molecular complexity index is 564. The molecule has 8 heteroatoms. The van der Waals surface area contributed by atoms with Gasteiger partial charge in [-0.15, -0.1) is 0 Å². The molecule has 3 N–H and O–H groups in total. The smallest absolute Gasteiger partial charge is 0.407 e. The maximum atomic E-state index is 12.2. The van der Waals surface area contributed by atoms with Crippen molar-refractivity contribution in [2.45, 2.75) is 91.8 Å². The average Bonchev–Trinajstić information content (AvgIpc) is 2.64. The molecule has 0 bridgehead atoms. The first-order valence-electron chi connectivity index (χ1n) is 11.4. The van der Waals surface area contributed by atoms with E-state index < -0.39 is 11.7 Å². The van der Waals surface area contributed by atoms with Crippen molar-refractivity contribution >= 4 is 18.0 Å². The molecule has 0 spiro atoms. The summed E-state index contributed by atoms with van der Waals surface area (Å²) in [6, 6.07) is 0.202. The Hall–Kier alpha value is -1.99. The first kappa shape index (κ1) is 26.0. The SMILES string of the molecule is CCCC(CN=C(NCC)NC1CCN(C(=O)C(C)C)CC1)NC(=O)OC(C)(C)C. The topological polar surface area (TPSA) is 95.1 Å². The van der Waals surface area contributed by atoms with E-state index in [9.17, 15) is 9.59 Å². The number of hydrogen-bond donors (Lipinski definition) is 3. The number of hydrogen-bond acceptors (Lipinski definition) is 4. The molecule has 1 heterocycles. The van der Waals surface area contributed by atoms with Crippen molar-refractivity contribution < 1.29 is 14.3 Å². The molecule has 8 nitrogen and oxygen atoms in total. The van der Waals surface area contributed by atoms with Crippen LogP contribution in [0.1, 0.15) is 74.1 Å². The molecule has 30 heavy (non-hydrogen) atoms. The van der Waals surface area contributed by atoms with E-state index in [0.717, 1.165) is 51.3 Å². The largest absolute Gasteiger partial charge is 0.444 e. The van der Waals surface area contributed by atoms with E-state index in [2.05, 4.69) is 22.9 Å². The number of nitrogens with zero attached hydrogens (tertiary/aromatic N) is 2. The number of carbonyl (C=O) groups is 2. The number of nitrogens with one attached hydrogen (secondary N) is 3. The molecule has 0 aliphatic carbocycles. The van der Waals surface area contributed by atoms with Crippen LogP contribution in [0.4, 0.5) is 4.79 Å². The van der Waals surface area contributed by atoms with Gasteiger partial charge in [-0.1, -0.05) is 27.2 Å². The number of likely N-dealkylation sites (tertiary alicyclic amines) is 1. The van der Waals surface area contributed by atoms with Gasteiger partial charge in [0.15, 0.2) is 5.96 Å². The minimum atomic E-state index is -0.521. The monoisotopic (exact) mass is 425 g/mol. The Labute approximate surface area is 182 Å². The minimum Gasteiger partial charge on any atom is -0.444 e. The molecule has 0 aromatic carbocycles. The molecule has 1 aliphatic rings. The molecule has 0 aromatic heterocycles. The lowest BCUT2D eigenvalue weighted by molar-refractivity contribution is -0.135. The van der Waals surface area contributed by atoms with Crippen molar-refractivity contribution in [3.05, 3.63) is 0 Å². The number of carbonyl (C=O) groups excluding carboxylic acids is 2. The van der Waals surface area contributed by atoms with E-state index in [0.29, 0.717) is 6.54 Å². The summed E-state index contributed by atoms with van der Waals surface area (Å²) in [4.78, 5) is 30.9. The summed E-state index contributed by atoms with van der Waals surface area (Å²) in [7, 11) is 0. The molecule has 174 valence electrons. The first-order valence-corrected chi connectivity index (χ1v) is 11.4. The van der Waals surface area contributed by atoms with Crippen LogP contribution in [0, 0.1) is 5.92 Å². The van der Waals surface area contributed by atoms with E-state index in [1.165, 1.54) is 0 Å². The van der Waals surface area contributed by atoms with Crippen LogP contribution in [-0.4, -0.2) is 66.7 Å². The van der Waals surface area contributed by atoms with Crippen LogP contribution >= 0.6 is 0 Å². The van der Waals surface area contributed by atoms with Gasteiger partial charge in [-0.2, -0.15) is 0 Å². The third-order valence-corrected chi connectivity index (χ3v) is 4.81. The Morgan fingerprint density at radius 1 is 1.17 bits per heavy atom. The van der Waals surface area contributed by atoms with Gasteiger partial charge < -0.3 is 25.6 Å². The molecule has 1 atom stereocenters. The lowest BCUT2D eigenvalue weighted by Crippen LogP contribution is -2.50. The van der Waals surface area contributed by atoms with Crippen LogP contribution in [0.3, 0.4) is 0 Å². The maximum absolute atomic E-state index is 12.2. The van der Waals surface area contributed by atoms with Crippen molar-refractivity contribution in [2.24, 2.45) is 10.9 Å². The maximum Gasteiger partial charge on any atom is 0.407 e. The summed E-state index contributed by atoms with van der Waals surface area (Å²) in [6.07, 6.45) is 3.17. The van der Waals surface area contributed by atoms with Crippen LogP contribution in [0.2, 0.25) is 0 Å². The van der Waals surface area contributed by atoms with Crippen molar-refractivity contribution in [1.82, 2.24) is 20.9 Å². The Morgan fingerprint density at radius 2 is 1.80 bits per heavy atom. The highest BCUT2D eigenvalue weighted by molar-refractivity contribution is 5.80. The molecule has 1 unspecified atom stereocenters. The van der Waals surface area contributed by atoms with E-state index in [-0.39, 0.29) is 23.9 Å². The second kappa shape index (κ2) is 12.6. The van der Waals surface area contributed by atoms with Gasteiger partial charge in [0.2, 0.25) is 5.91 Å². The lowest BCUT2D eigenvalue weighted by Gasteiger charge is -2.34.